The van der Waals surface area contributed by atoms with E-state index in [4.69, 9.17) is 4.74 Å². The van der Waals surface area contributed by atoms with Crippen LogP contribution >= 0.6 is 11.3 Å². The van der Waals surface area contributed by atoms with E-state index in [-0.39, 0.29) is 0 Å². The number of nitrogens with zero attached hydrogens (tertiary/aromatic N) is 2. The highest BCUT2D eigenvalue weighted by Gasteiger charge is 2.24. The van der Waals surface area contributed by atoms with Gasteiger partial charge in [-0.15, -0.1) is 11.3 Å². The van der Waals surface area contributed by atoms with Crippen molar-refractivity contribution in [3.8, 4) is 0 Å². The minimum absolute atomic E-state index is 0.329. The van der Waals surface area contributed by atoms with E-state index in [1.165, 1.54) is 0 Å². The average Bonchev–Trinajstić information content (AvgIpc) is 3.05. The Hall–Kier alpha value is -1.40. The first-order valence-corrected chi connectivity index (χ1v) is 8.00. The van der Waals surface area contributed by atoms with Crippen molar-refractivity contribution in [2.24, 2.45) is 5.92 Å². The molecule has 108 valence electrons. The number of hydrogen-bond donors (Lipinski definition) is 2. The highest BCUT2D eigenvalue weighted by molar-refractivity contribution is 7.16. The molecule has 2 aromatic heterocycles. The van der Waals surface area contributed by atoms with E-state index in [2.05, 4.69) is 39.0 Å². The molecule has 0 aliphatic carbocycles. The number of anilines is 2. The van der Waals surface area contributed by atoms with Gasteiger partial charge in [-0.05, 0) is 31.7 Å². The molecule has 3 rings (SSSR count). The van der Waals surface area contributed by atoms with Crippen LogP contribution < -0.4 is 10.6 Å². The fraction of sp³-hybridized carbons (Fsp3) is 0.571. The van der Waals surface area contributed by atoms with Crippen LogP contribution in [0.5, 0.6) is 0 Å². The summed E-state index contributed by atoms with van der Waals surface area (Å²) in [6, 6.07) is 2.08. The van der Waals surface area contributed by atoms with Gasteiger partial charge in [0.25, 0.3) is 0 Å². The van der Waals surface area contributed by atoms with Crippen molar-refractivity contribution in [3.63, 3.8) is 0 Å². The highest BCUT2D eigenvalue weighted by atomic mass is 32.1. The molecule has 0 saturated carbocycles. The fourth-order valence-corrected chi connectivity index (χ4v) is 3.26. The van der Waals surface area contributed by atoms with Crippen molar-refractivity contribution < 1.29 is 4.74 Å². The third-order valence-corrected chi connectivity index (χ3v) is 4.53. The van der Waals surface area contributed by atoms with Gasteiger partial charge in [0.2, 0.25) is 5.95 Å². The summed E-state index contributed by atoms with van der Waals surface area (Å²) >= 11 is 1.64. The molecule has 2 N–H and O–H groups in total. The summed E-state index contributed by atoms with van der Waals surface area (Å²) < 4.78 is 5.61. The molecule has 0 radical (unpaired) electrons. The lowest BCUT2D eigenvalue weighted by atomic mass is 10.0. The van der Waals surface area contributed by atoms with Crippen molar-refractivity contribution in [3.05, 3.63) is 11.4 Å². The predicted molar refractivity (Wildman–Crippen MR) is 83.6 cm³/mol. The third kappa shape index (κ3) is 2.71. The van der Waals surface area contributed by atoms with Gasteiger partial charge in [0.1, 0.15) is 10.6 Å². The van der Waals surface area contributed by atoms with Crippen molar-refractivity contribution in [1.29, 1.82) is 0 Å². The van der Waals surface area contributed by atoms with Crippen LogP contribution in [0, 0.1) is 5.92 Å². The van der Waals surface area contributed by atoms with E-state index in [0.29, 0.717) is 18.0 Å². The normalized spacial score (nSPS) is 22.3. The number of nitrogens with one attached hydrogen (secondary N) is 2. The minimum atomic E-state index is 0.329. The van der Waals surface area contributed by atoms with Gasteiger partial charge in [0.05, 0.1) is 11.5 Å². The standard InChI is InChI=1S/C14H20N4OS/c1-3-15-14-17-12(11-5-7-20-13(11)18-14)16-8-10-4-6-19-9(10)2/h5,7,9-10H,3-4,6,8H2,1-2H3,(H2,15,16,17,18). The summed E-state index contributed by atoms with van der Waals surface area (Å²) in [5, 5.41) is 9.82. The van der Waals surface area contributed by atoms with Gasteiger partial charge in [-0.1, -0.05) is 0 Å². The molecule has 20 heavy (non-hydrogen) atoms. The number of fused-ring (bicyclic) bond motifs is 1. The Balaban J connectivity index is 1.80. The molecule has 1 aliphatic heterocycles. The molecule has 6 heteroatoms. The largest absolute Gasteiger partial charge is 0.378 e. The number of rotatable bonds is 5. The summed E-state index contributed by atoms with van der Waals surface area (Å²) in [5.41, 5.74) is 0. The summed E-state index contributed by atoms with van der Waals surface area (Å²) in [4.78, 5) is 10.1. The van der Waals surface area contributed by atoms with E-state index in [1.807, 2.05) is 6.92 Å². The van der Waals surface area contributed by atoms with Gasteiger partial charge in [0, 0.05) is 25.6 Å². The summed E-state index contributed by atoms with van der Waals surface area (Å²) in [6.45, 7) is 6.78. The minimum Gasteiger partial charge on any atom is -0.378 e. The molecule has 2 unspecified atom stereocenters. The fourth-order valence-electron chi connectivity index (χ4n) is 2.50. The molecular weight excluding hydrogens is 272 g/mol. The number of ether oxygens (including phenoxy) is 1. The Labute approximate surface area is 122 Å². The molecule has 0 bridgehead atoms. The molecule has 0 amide bonds. The van der Waals surface area contributed by atoms with Crippen LogP contribution in [0.3, 0.4) is 0 Å². The van der Waals surface area contributed by atoms with E-state index >= 15 is 0 Å². The van der Waals surface area contributed by atoms with E-state index in [0.717, 1.165) is 42.2 Å². The first-order chi connectivity index (χ1) is 9.78. The predicted octanol–water partition coefficient (Wildman–Crippen LogP) is 2.96. The Bertz CT molecular complexity index is 586. The molecular formula is C14H20N4OS. The number of hydrogen-bond acceptors (Lipinski definition) is 6. The second kappa shape index (κ2) is 5.93. The van der Waals surface area contributed by atoms with E-state index < -0.39 is 0 Å². The lowest BCUT2D eigenvalue weighted by molar-refractivity contribution is 0.108. The Morgan fingerprint density at radius 1 is 1.40 bits per heavy atom. The maximum Gasteiger partial charge on any atom is 0.226 e. The van der Waals surface area contributed by atoms with Crippen molar-refractivity contribution in [2.45, 2.75) is 26.4 Å². The molecule has 3 heterocycles. The summed E-state index contributed by atoms with van der Waals surface area (Å²) in [5.74, 6) is 2.17. The second-order valence-electron chi connectivity index (χ2n) is 5.07. The molecule has 0 aromatic carbocycles. The zero-order chi connectivity index (χ0) is 13.9. The monoisotopic (exact) mass is 292 g/mol. The zero-order valence-electron chi connectivity index (χ0n) is 11.8. The maximum atomic E-state index is 5.61. The maximum absolute atomic E-state index is 5.61. The van der Waals surface area contributed by atoms with E-state index in [9.17, 15) is 0 Å². The van der Waals surface area contributed by atoms with Gasteiger partial charge in [-0.25, -0.2) is 4.98 Å². The van der Waals surface area contributed by atoms with Crippen molar-refractivity contribution in [2.75, 3.05) is 30.3 Å². The van der Waals surface area contributed by atoms with Gasteiger partial charge >= 0.3 is 0 Å². The third-order valence-electron chi connectivity index (χ3n) is 3.72. The van der Waals surface area contributed by atoms with Gasteiger partial charge < -0.3 is 15.4 Å². The molecule has 0 spiro atoms. The molecule has 2 atom stereocenters. The molecule has 2 aromatic rings. The van der Waals surface area contributed by atoms with Crippen LogP contribution in [0.1, 0.15) is 20.3 Å². The van der Waals surface area contributed by atoms with Crippen LogP contribution in [0.15, 0.2) is 11.4 Å². The zero-order valence-corrected chi connectivity index (χ0v) is 12.7. The topological polar surface area (TPSA) is 59.1 Å². The van der Waals surface area contributed by atoms with Gasteiger partial charge in [-0.2, -0.15) is 4.98 Å². The first-order valence-electron chi connectivity index (χ1n) is 7.12. The number of aromatic nitrogens is 2. The van der Waals surface area contributed by atoms with Crippen LogP contribution in [-0.2, 0) is 4.74 Å². The SMILES string of the molecule is CCNc1nc(NCC2CCOC2C)c2ccsc2n1. The Morgan fingerprint density at radius 3 is 3.05 bits per heavy atom. The van der Waals surface area contributed by atoms with Crippen LogP contribution in [0.25, 0.3) is 10.2 Å². The molecule has 1 aliphatic rings. The quantitative estimate of drug-likeness (QED) is 0.887. The van der Waals surface area contributed by atoms with E-state index in [1.54, 1.807) is 11.3 Å². The van der Waals surface area contributed by atoms with Crippen LogP contribution in [0.4, 0.5) is 11.8 Å². The Kier molecular flexibility index (Phi) is 4.03. The molecule has 5 nitrogen and oxygen atoms in total. The van der Waals surface area contributed by atoms with Crippen LogP contribution in [-0.4, -0.2) is 35.8 Å². The average molecular weight is 292 g/mol. The lowest BCUT2D eigenvalue weighted by Crippen LogP contribution is -2.21. The molecule has 1 saturated heterocycles. The Morgan fingerprint density at radius 2 is 2.30 bits per heavy atom. The lowest BCUT2D eigenvalue weighted by Gasteiger charge is -2.16. The second-order valence-corrected chi connectivity index (χ2v) is 5.97. The highest BCUT2D eigenvalue weighted by Crippen LogP contribution is 2.27. The number of thiophene rings is 1. The van der Waals surface area contributed by atoms with Crippen LogP contribution in [0.2, 0.25) is 0 Å². The molecule has 1 fully saturated rings. The van der Waals surface area contributed by atoms with Gasteiger partial charge in [-0.3, -0.25) is 0 Å². The van der Waals surface area contributed by atoms with Crippen molar-refractivity contribution in [1.82, 2.24) is 9.97 Å². The van der Waals surface area contributed by atoms with Gasteiger partial charge in [0.15, 0.2) is 0 Å². The summed E-state index contributed by atoms with van der Waals surface area (Å²) in [7, 11) is 0. The summed E-state index contributed by atoms with van der Waals surface area (Å²) in [6.07, 6.45) is 1.45. The smallest absolute Gasteiger partial charge is 0.226 e. The van der Waals surface area contributed by atoms with Crippen molar-refractivity contribution >= 4 is 33.3 Å². The first kappa shape index (κ1) is 13.6.